The van der Waals surface area contributed by atoms with E-state index in [1.807, 2.05) is 6.92 Å². The number of aliphatic hydroxyl groups is 1. The molecule has 0 bridgehead atoms. The van der Waals surface area contributed by atoms with Crippen LogP contribution in [0.25, 0.3) is 0 Å². The molecule has 0 aliphatic carbocycles. The first-order chi connectivity index (χ1) is 9.02. The maximum absolute atomic E-state index is 11.5. The van der Waals surface area contributed by atoms with Crippen molar-refractivity contribution in [3.8, 4) is 5.75 Å². The van der Waals surface area contributed by atoms with Gasteiger partial charge in [0.05, 0.1) is 11.1 Å². The van der Waals surface area contributed by atoms with Crippen LogP contribution in [0.3, 0.4) is 0 Å². The van der Waals surface area contributed by atoms with Gasteiger partial charge < -0.3 is 15.2 Å². The van der Waals surface area contributed by atoms with E-state index in [0.29, 0.717) is 35.2 Å². The van der Waals surface area contributed by atoms with Crippen molar-refractivity contribution in [2.45, 2.75) is 25.9 Å². The third-order valence-corrected chi connectivity index (χ3v) is 3.05. The molecule has 0 heterocycles. The summed E-state index contributed by atoms with van der Waals surface area (Å²) < 4.78 is 5.27. The Bertz CT molecular complexity index is 426. The summed E-state index contributed by atoms with van der Waals surface area (Å²) in [6.07, 6.45) is 0.823. The molecule has 1 atom stereocenters. The number of benzene rings is 1. The largest absolute Gasteiger partial charge is 0.482 e. The van der Waals surface area contributed by atoms with Gasteiger partial charge in [-0.1, -0.05) is 30.1 Å². The van der Waals surface area contributed by atoms with Gasteiger partial charge in [0, 0.05) is 11.6 Å². The summed E-state index contributed by atoms with van der Waals surface area (Å²) in [6.45, 7) is 2.19. The predicted molar refractivity (Wildman–Crippen MR) is 75.9 cm³/mol. The van der Waals surface area contributed by atoms with E-state index in [9.17, 15) is 9.90 Å². The van der Waals surface area contributed by atoms with Crippen molar-refractivity contribution in [2.24, 2.45) is 0 Å². The van der Waals surface area contributed by atoms with E-state index in [2.05, 4.69) is 5.32 Å². The maximum Gasteiger partial charge on any atom is 0.257 e. The number of ether oxygens (including phenoxy) is 1. The number of hydrogen-bond acceptors (Lipinski definition) is 3. The van der Waals surface area contributed by atoms with Gasteiger partial charge >= 0.3 is 0 Å². The van der Waals surface area contributed by atoms with Gasteiger partial charge in [-0.3, -0.25) is 4.79 Å². The molecule has 6 heteroatoms. The van der Waals surface area contributed by atoms with Gasteiger partial charge in [0.25, 0.3) is 5.91 Å². The van der Waals surface area contributed by atoms with Gasteiger partial charge in [-0.2, -0.15) is 0 Å². The fourth-order valence-electron chi connectivity index (χ4n) is 1.37. The Kier molecular flexibility index (Phi) is 6.99. The molecule has 1 aromatic carbocycles. The molecule has 0 spiro atoms. The molecule has 0 radical (unpaired) electrons. The van der Waals surface area contributed by atoms with Crippen LogP contribution in [-0.4, -0.2) is 30.3 Å². The average Bonchev–Trinajstić information content (AvgIpc) is 2.37. The Morgan fingerprint density at radius 1 is 1.47 bits per heavy atom. The first kappa shape index (κ1) is 16.1. The Hall–Kier alpha value is -0.970. The Morgan fingerprint density at radius 3 is 2.84 bits per heavy atom. The zero-order chi connectivity index (χ0) is 14.3. The fraction of sp³-hybridized carbons (Fsp3) is 0.462. The van der Waals surface area contributed by atoms with E-state index < -0.39 is 0 Å². The molecular weight excluding hydrogens is 289 g/mol. The first-order valence-electron chi connectivity index (χ1n) is 6.05. The van der Waals surface area contributed by atoms with Crippen LogP contribution < -0.4 is 10.1 Å². The molecule has 0 aromatic heterocycles. The van der Waals surface area contributed by atoms with Gasteiger partial charge in [0.1, 0.15) is 5.75 Å². The van der Waals surface area contributed by atoms with E-state index in [-0.39, 0.29) is 18.6 Å². The third kappa shape index (κ3) is 6.14. The highest BCUT2D eigenvalue weighted by Crippen LogP contribution is 2.27. The summed E-state index contributed by atoms with van der Waals surface area (Å²) >= 11 is 11.7. The van der Waals surface area contributed by atoms with Gasteiger partial charge in [0.15, 0.2) is 6.61 Å². The van der Waals surface area contributed by atoms with Crippen LogP contribution in [0.4, 0.5) is 0 Å². The number of carbonyl (C=O) groups is 1. The summed E-state index contributed by atoms with van der Waals surface area (Å²) in [5.74, 6) is 0.157. The Labute approximate surface area is 122 Å². The van der Waals surface area contributed by atoms with Crippen LogP contribution in [0, 0.1) is 0 Å². The van der Waals surface area contributed by atoms with Gasteiger partial charge in [-0.25, -0.2) is 0 Å². The molecule has 0 unspecified atom stereocenters. The number of hydrogen-bond donors (Lipinski definition) is 2. The fourth-order valence-corrected chi connectivity index (χ4v) is 1.83. The number of aliphatic hydroxyl groups excluding tert-OH is 1. The smallest absolute Gasteiger partial charge is 0.257 e. The highest BCUT2D eigenvalue weighted by Gasteiger charge is 2.07. The molecule has 106 valence electrons. The SMILES string of the molecule is CC[C@H](O)CCNC(=O)COc1ccc(Cl)cc1Cl. The number of nitrogens with one attached hydrogen (secondary N) is 1. The number of amides is 1. The van der Waals surface area contributed by atoms with Crippen molar-refractivity contribution in [1.82, 2.24) is 5.32 Å². The summed E-state index contributed by atoms with van der Waals surface area (Å²) in [5, 5.41) is 12.9. The molecule has 19 heavy (non-hydrogen) atoms. The van der Waals surface area contributed by atoms with Crippen LogP contribution in [-0.2, 0) is 4.79 Å². The van der Waals surface area contributed by atoms with Gasteiger partial charge in [-0.05, 0) is 31.0 Å². The third-order valence-electron chi connectivity index (χ3n) is 2.52. The zero-order valence-electron chi connectivity index (χ0n) is 10.7. The second-order valence-electron chi connectivity index (χ2n) is 4.06. The lowest BCUT2D eigenvalue weighted by atomic mass is 10.2. The van der Waals surface area contributed by atoms with Crippen molar-refractivity contribution in [3.63, 3.8) is 0 Å². The van der Waals surface area contributed by atoms with E-state index in [4.69, 9.17) is 27.9 Å². The predicted octanol–water partition coefficient (Wildman–Crippen LogP) is 2.65. The van der Waals surface area contributed by atoms with E-state index >= 15 is 0 Å². The number of rotatable bonds is 7. The van der Waals surface area contributed by atoms with E-state index in [1.54, 1.807) is 18.2 Å². The maximum atomic E-state index is 11.5. The molecule has 0 aliphatic rings. The highest BCUT2D eigenvalue weighted by molar-refractivity contribution is 6.35. The van der Waals surface area contributed by atoms with E-state index in [1.165, 1.54) is 0 Å². The van der Waals surface area contributed by atoms with Crippen molar-refractivity contribution < 1.29 is 14.6 Å². The Balaban J connectivity index is 2.30. The topological polar surface area (TPSA) is 58.6 Å². The molecule has 1 amide bonds. The summed E-state index contributed by atoms with van der Waals surface area (Å²) in [5.41, 5.74) is 0. The first-order valence-corrected chi connectivity index (χ1v) is 6.81. The van der Waals surface area contributed by atoms with Crippen LogP contribution in [0.1, 0.15) is 19.8 Å². The van der Waals surface area contributed by atoms with Crippen LogP contribution in [0.15, 0.2) is 18.2 Å². The van der Waals surface area contributed by atoms with E-state index in [0.717, 1.165) is 0 Å². The average molecular weight is 306 g/mol. The lowest BCUT2D eigenvalue weighted by Gasteiger charge is -2.10. The van der Waals surface area contributed by atoms with Crippen LogP contribution in [0.2, 0.25) is 10.0 Å². The molecular formula is C13H17Cl2NO3. The monoisotopic (exact) mass is 305 g/mol. The molecule has 2 N–H and O–H groups in total. The minimum Gasteiger partial charge on any atom is -0.482 e. The minimum atomic E-state index is -0.382. The van der Waals surface area contributed by atoms with Gasteiger partial charge in [-0.15, -0.1) is 0 Å². The van der Waals surface area contributed by atoms with Crippen molar-refractivity contribution in [2.75, 3.05) is 13.2 Å². The molecule has 0 aliphatic heterocycles. The number of carbonyl (C=O) groups excluding carboxylic acids is 1. The molecule has 0 saturated carbocycles. The summed E-state index contributed by atoms with van der Waals surface area (Å²) in [6, 6.07) is 4.80. The van der Waals surface area contributed by atoms with Crippen molar-refractivity contribution >= 4 is 29.1 Å². The quantitative estimate of drug-likeness (QED) is 0.814. The van der Waals surface area contributed by atoms with Crippen LogP contribution >= 0.6 is 23.2 Å². The minimum absolute atomic E-state index is 0.121. The highest BCUT2D eigenvalue weighted by atomic mass is 35.5. The molecule has 0 fully saturated rings. The zero-order valence-corrected chi connectivity index (χ0v) is 12.2. The lowest BCUT2D eigenvalue weighted by molar-refractivity contribution is -0.123. The van der Waals surface area contributed by atoms with Crippen molar-refractivity contribution in [1.29, 1.82) is 0 Å². The van der Waals surface area contributed by atoms with Crippen LogP contribution in [0.5, 0.6) is 5.75 Å². The van der Waals surface area contributed by atoms with Crippen molar-refractivity contribution in [3.05, 3.63) is 28.2 Å². The normalized spacial score (nSPS) is 12.0. The summed E-state index contributed by atoms with van der Waals surface area (Å²) in [4.78, 5) is 11.5. The molecule has 0 saturated heterocycles. The lowest BCUT2D eigenvalue weighted by Crippen LogP contribution is -2.31. The standard InChI is InChI=1S/C13H17Cl2NO3/c1-2-10(17)5-6-16-13(18)8-19-12-4-3-9(14)7-11(12)15/h3-4,7,10,17H,2,5-6,8H2,1H3,(H,16,18)/t10-/m0/s1. The summed E-state index contributed by atoms with van der Waals surface area (Å²) in [7, 11) is 0. The second kappa shape index (κ2) is 8.25. The molecule has 4 nitrogen and oxygen atoms in total. The molecule has 1 aromatic rings. The Morgan fingerprint density at radius 2 is 2.21 bits per heavy atom. The van der Waals surface area contributed by atoms with Gasteiger partial charge in [0.2, 0.25) is 0 Å². The number of halogens is 2. The second-order valence-corrected chi connectivity index (χ2v) is 4.91. The molecule has 1 rings (SSSR count).